The zero-order valence-corrected chi connectivity index (χ0v) is 12.4. The van der Waals surface area contributed by atoms with Gasteiger partial charge in [0, 0.05) is 22.6 Å². The van der Waals surface area contributed by atoms with E-state index in [9.17, 15) is 0 Å². The average molecular weight is 284 g/mol. The summed E-state index contributed by atoms with van der Waals surface area (Å²) in [4.78, 5) is 0. The molecule has 98 valence electrons. The molecule has 0 aromatic heterocycles. The van der Waals surface area contributed by atoms with E-state index < -0.39 is 0 Å². The summed E-state index contributed by atoms with van der Waals surface area (Å²) >= 11 is 12.0. The standard InChI is InChI=1S/C15H19Cl2N/c1-10(2)12(9-18-15-3-4-15)5-11-6-13(16)8-14(17)7-11/h5-8,10,15,18H,3-4,9H2,1-2H3. The molecule has 3 heteroatoms. The van der Waals surface area contributed by atoms with Gasteiger partial charge in [-0.2, -0.15) is 0 Å². The van der Waals surface area contributed by atoms with Crippen LogP contribution in [0.4, 0.5) is 0 Å². The molecular formula is C15H19Cl2N. The Morgan fingerprint density at radius 1 is 1.28 bits per heavy atom. The van der Waals surface area contributed by atoms with Crippen molar-refractivity contribution in [3.05, 3.63) is 39.4 Å². The molecule has 1 N–H and O–H groups in total. The van der Waals surface area contributed by atoms with Crippen LogP contribution in [0.2, 0.25) is 10.0 Å². The van der Waals surface area contributed by atoms with Crippen molar-refractivity contribution >= 4 is 29.3 Å². The van der Waals surface area contributed by atoms with Crippen molar-refractivity contribution in [1.29, 1.82) is 0 Å². The second-order valence-electron chi connectivity index (χ2n) is 5.23. The van der Waals surface area contributed by atoms with Crippen LogP contribution in [0, 0.1) is 5.92 Å². The zero-order chi connectivity index (χ0) is 13.1. The zero-order valence-electron chi connectivity index (χ0n) is 10.8. The fourth-order valence-corrected chi connectivity index (χ4v) is 2.39. The number of hydrogen-bond donors (Lipinski definition) is 1. The van der Waals surface area contributed by atoms with Gasteiger partial charge in [-0.15, -0.1) is 0 Å². The summed E-state index contributed by atoms with van der Waals surface area (Å²) in [6.07, 6.45) is 4.82. The summed E-state index contributed by atoms with van der Waals surface area (Å²) in [5.41, 5.74) is 2.47. The van der Waals surface area contributed by atoms with Gasteiger partial charge in [-0.25, -0.2) is 0 Å². The van der Waals surface area contributed by atoms with Gasteiger partial charge in [-0.05, 0) is 42.5 Å². The first-order chi connectivity index (χ1) is 8.54. The van der Waals surface area contributed by atoms with Crippen molar-refractivity contribution in [2.24, 2.45) is 5.92 Å². The van der Waals surface area contributed by atoms with Crippen molar-refractivity contribution in [2.45, 2.75) is 32.7 Å². The smallest absolute Gasteiger partial charge is 0.0426 e. The van der Waals surface area contributed by atoms with E-state index in [0.29, 0.717) is 16.0 Å². The van der Waals surface area contributed by atoms with E-state index in [1.54, 1.807) is 6.07 Å². The van der Waals surface area contributed by atoms with Gasteiger partial charge < -0.3 is 5.32 Å². The van der Waals surface area contributed by atoms with Crippen LogP contribution < -0.4 is 5.32 Å². The van der Waals surface area contributed by atoms with E-state index in [2.05, 4.69) is 25.2 Å². The number of halogens is 2. The van der Waals surface area contributed by atoms with Crippen molar-refractivity contribution < 1.29 is 0 Å². The lowest BCUT2D eigenvalue weighted by atomic mass is 10.00. The van der Waals surface area contributed by atoms with E-state index in [1.807, 2.05) is 12.1 Å². The predicted octanol–water partition coefficient (Wildman–Crippen LogP) is 4.78. The molecule has 18 heavy (non-hydrogen) atoms. The van der Waals surface area contributed by atoms with Crippen molar-refractivity contribution in [3.63, 3.8) is 0 Å². The Labute approximate surface area is 119 Å². The largest absolute Gasteiger partial charge is 0.310 e. The van der Waals surface area contributed by atoms with Crippen molar-refractivity contribution in [1.82, 2.24) is 5.32 Å². The number of nitrogens with one attached hydrogen (secondary N) is 1. The van der Waals surface area contributed by atoms with Crippen LogP contribution in [0.25, 0.3) is 6.08 Å². The Morgan fingerprint density at radius 3 is 2.39 bits per heavy atom. The number of benzene rings is 1. The molecule has 1 aliphatic rings. The van der Waals surface area contributed by atoms with Crippen LogP contribution >= 0.6 is 23.2 Å². The van der Waals surface area contributed by atoms with Crippen LogP contribution in [0.3, 0.4) is 0 Å². The van der Waals surface area contributed by atoms with E-state index in [1.165, 1.54) is 18.4 Å². The van der Waals surface area contributed by atoms with E-state index in [0.717, 1.165) is 18.2 Å². The summed E-state index contributed by atoms with van der Waals surface area (Å²) in [6.45, 7) is 5.38. The lowest BCUT2D eigenvalue weighted by molar-refractivity contribution is 0.662. The van der Waals surface area contributed by atoms with Crippen molar-refractivity contribution in [2.75, 3.05) is 6.54 Å². The second kappa shape index (κ2) is 6.10. The minimum atomic E-state index is 0.522. The van der Waals surface area contributed by atoms with Crippen LogP contribution in [0.1, 0.15) is 32.3 Å². The molecule has 1 fully saturated rings. The first-order valence-electron chi connectivity index (χ1n) is 6.44. The van der Waals surface area contributed by atoms with E-state index >= 15 is 0 Å². The Balaban J connectivity index is 2.13. The molecule has 0 radical (unpaired) electrons. The topological polar surface area (TPSA) is 12.0 Å². The molecule has 1 aliphatic carbocycles. The van der Waals surface area contributed by atoms with Gasteiger partial charge in [0.1, 0.15) is 0 Å². The highest BCUT2D eigenvalue weighted by Crippen LogP contribution is 2.24. The summed E-state index contributed by atoms with van der Waals surface area (Å²) in [5, 5.41) is 4.93. The van der Waals surface area contributed by atoms with Gasteiger partial charge in [-0.1, -0.05) is 48.7 Å². The Bertz CT molecular complexity index is 428. The molecule has 1 aromatic carbocycles. The van der Waals surface area contributed by atoms with Crippen LogP contribution in [-0.4, -0.2) is 12.6 Å². The van der Waals surface area contributed by atoms with Crippen LogP contribution in [0.15, 0.2) is 23.8 Å². The third-order valence-electron chi connectivity index (χ3n) is 3.15. The minimum Gasteiger partial charge on any atom is -0.310 e. The van der Waals surface area contributed by atoms with Gasteiger partial charge in [0.15, 0.2) is 0 Å². The molecule has 1 aromatic rings. The molecule has 0 aliphatic heterocycles. The number of hydrogen-bond acceptors (Lipinski definition) is 1. The minimum absolute atomic E-state index is 0.522. The first-order valence-corrected chi connectivity index (χ1v) is 7.20. The Kier molecular flexibility index (Phi) is 4.71. The molecule has 0 amide bonds. The summed E-state index contributed by atoms with van der Waals surface area (Å²) in [7, 11) is 0. The Morgan fingerprint density at radius 2 is 1.89 bits per heavy atom. The van der Waals surface area contributed by atoms with E-state index in [-0.39, 0.29) is 0 Å². The number of rotatable bonds is 5. The maximum absolute atomic E-state index is 6.02. The summed E-state index contributed by atoms with van der Waals surface area (Å²) in [6, 6.07) is 6.40. The molecule has 0 atom stereocenters. The van der Waals surface area contributed by atoms with Crippen molar-refractivity contribution in [3.8, 4) is 0 Å². The highest BCUT2D eigenvalue weighted by molar-refractivity contribution is 6.34. The summed E-state index contributed by atoms with van der Waals surface area (Å²) < 4.78 is 0. The lowest BCUT2D eigenvalue weighted by Crippen LogP contribution is -2.21. The fraction of sp³-hybridized carbons (Fsp3) is 0.467. The Hall–Kier alpha value is -0.500. The molecule has 1 nitrogen and oxygen atoms in total. The van der Waals surface area contributed by atoms with Crippen LogP contribution in [-0.2, 0) is 0 Å². The average Bonchev–Trinajstić information content (AvgIpc) is 3.06. The van der Waals surface area contributed by atoms with Crippen LogP contribution in [0.5, 0.6) is 0 Å². The highest BCUT2D eigenvalue weighted by Gasteiger charge is 2.20. The summed E-state index contributed by atoms with van der Waals surface area (Å²) in [5.74, 6) is 0.522. The molecule has 1 saturated carbocycles. The molecule has 2 rings (SSSR count). The van der Waals surface area contributed by atoms with Gasteiger partial charge in [-0.3, -0.25) is 0 Å². The molecular weight excluding hydrogens is 265 g/mol. The second-order valence-corrected chi connectivity index (χ2v) is 6.10. The molecule has 0 saturated heterocycles. The predicted molar refractivity (Wildman–Crippen MR) is 80.3 cm³/mol. The lowest BCUT2D eigenvalue weighted by Gasteiger charge is -2.13. The SMILES string of the molecule is CC(C)C(=Cc1cc(Cl)cc(Cl)c1)CNC1CC1. The third-order valence-corrected chi connectivity index (χ3v) is 3.59. The molecule has 0 spiro atoms. The van der Waals surface area contributed by atoms with Gasteiger partial charge in [0.05, 0.1) is 0 Å². The fourth-order valence-electron chi connectivity index (χ4n) is 1.84. The first kappa shape index (κ1) is 13.9. The van der Waals surface area contributed by atoms with Gasteiger partial charge in [0.2, 0.25) is 0 Å². The quantitative estimate of drug-likeness (QED) is 0.820. The third kappa shape index (κ3) is 4.31. The van der Waals surface area contributed by atoms with Gasteiger partial charge >= 0.3 is 0 Å². The highest BCUT2D eigenvalue weighted by atomic mass is 35.5. The molecule has 0 heterocycles. The molecule has 0 bridgehead atoms. The molecule has 0 unspecified atom stereocenters. The maximum Gasteiger partial charge on any atom is 0.0426 e. The van der Waals surface area contributed by atoms with Gasteiger partial charge in [0.25, 0.3) is 0 Å². The monoisotopic (exact) mass is 283 g/mol. The normalized spacial score (nSPS) is 16.4. The van der Waals surface area contributed by atoms with E-state index in [4.69, 9.17) is 23.2 Å². The maximum atomic E-state index is 6.02.